The molecule has 0 saturated carbocycles. The Bertz CT molecular complexity index is 341. The van der Waals surface area contributed by atoms with Crippen molar-refractivity contribution < 1.29 is 0 Å². The van der Waals surface area contributed by atoms with Gasteiger partial charge in [0.15, 0.2) is 0 Å². The molecule has 1 aromatic rings. The highest BCUT2D eigenvalue weighted by Crippen LogP contribution is 1.99. The number of aryl methyl sites for hydroxylation is 1. The minimum atomic E-state index is 0.380. The van der Waals surface area contributed by atoms with E-state index in [9.17, 15) is 0 Å². The fourth-order valence-corrected chi connectivity index (χ4v) is 1.36. The SMILES string of the molecule is C#CCC(CC)NCc1ccnc(C)n1. The summed E-state index contributed by atoms with van der Waals surface area (Å²) in [6.07, 6.45) is 8.86. The van der Waals surface area contributed by atoms with Gasteiger partial charge in [0, 0.05) is 25.2 Å². The topological polar surface area (TPSA) is 37.8 Å². The molecule has 0 radical (unpaired) electrons. The molecule has 0 aliphatic heterocycles. The summed E-state index contributed by atoms with van der Waals surface area (Å²) in [6.45, 7) is 4.77. The third-order valence-electron chi connectivity index (χ3n) is 2.26. The molecule has 0 fully saturated rings. The van der Waals surface area contributed by atoms with E-state index in [-0.39, 0.29) is 0 Å². The largest absolute Gasteiger partial charge is 0.307 e. The van der Waals surface area contributed by atoms with E-state index in [1.165, 1.54) is 0 Å². The van der Waals surface area contributed by atoms with Crippen molar-refractivity contribution in [3.63, 3.8) is 0 Å². The predicted molar refractivity (Wildman–Crippen MR) is 61.1 cm³/mol. The van der Waals surface area contributed by atoms with E-state index < -0.39 is 0 Å². The lowest BCUT2D eigenvalue weighted by molar-refractivity contribution is 0.501. The zero-order valence-electron chi connectivity index (χ0n) is 9.33. The molecule has 80 valence electrons. The Morgan fingerprint density at radius 2 is 2.40 bits per heavy atom. The van der Waals surface area contributed by atoms with Crippen molar-refractivity contribution >= 4 is 0 Å². The van der Waals surface area contributed by atoms with Gasteiger partial charge in [-0.2, -0.15) is 0 Å². The third-order valence-corrected chi connectivity index (χ3v) is 2.26. The highest BCUT2D eigenvalue weighted by Gasteiger charge is 2.03. The first-order chi connectivity index (χ1) is 7.26. The van der Waals surface area contributed by atoms with Crippen LogP contribution in [0.2, 0.25) is 0 Å². The third kappa shape index (κ3) is 4.09. The first-order valence-corrected chi connectivity index (χ1v) is 5.21. The van der Waals surface area contributed by atoms with Crippen LogP contribution in [0.15, 0.2) is 12.3 Å². The zero-order chi connectivity index (χ0) is 11.1. The Hall–Kier alpha value is -1.40. The van der Waals surface area contributed by atoms with Crippen molar-refractivity contribution in [2.24, 2.45) is 0 Å². The fraction of sp³-hybridized carbons (Fsp3) is 0.500. The Labute approximate surface area is 91.3 Å². The van der Waals surface area contributed by atoms with Gasteiger partial charge in [0.1, 0.15) is 5.82 Å². The van der Waals surface area contributed by atoms with Crippen molar-refractivity contribution in [1.29, 1.82) is 0 Å². The van der Waals surface area contributed by atoms with E-state index in [0.717, 1.165) is 30.9 Å². The molecule has 3 nitrogen and oxygen atoms in total. The average Bonchev–Trinajstić information content (AvgIpc) is 2.24. The lowest BCUT2D eigenvalue weighted by Crippen LogP contribution is -2.27. The fourth-order valence-electron chi connectivity index (χ4n) is 1.36. The van der Waals surface area contributed by atoms with Gasteiger partial charge in [-0.1, -0.05) is 6.92 Å². The van der Waals surface area contributed by atoms with E-state index in [1.807, 2.05) is 13.0 Å². The molecular formula is C12H17N3. The van der Waals surface area contributed by atoms with Crippen LogP contribution in [0.5, 0.6) is 0 Å². The second kappa shape index (κ2) is 6.15. The second-order valence-corrected chi connectivity index (χ2v) is 3.49. The smallest absolute Gasteiger partial charge is 0.125 e. The molecular weight excluding hydrogens is 186 g/mol. The number of rotatable bonds is 5. The van der Waals surface area contributed by atoms with E-state index >= 15 is 0 Å². The van der Waals surface area contributed by atoms with Gasteiger partial charge in [0.2, 0.25) is 0 Å². The van der Waals surface area contributed by atoms with Gasteiger partial charge in [-0.05, 0) is 19.4 Å². The number of aromatic nitrogens is 2. The minimum Gasteiger partial charge on any atom is -0.307 e. The van der Waals surface area contributed by atoms with Gasteiger partial charge in [-0.3, -0.25) is 0 Å². The molecule has 15 heavy (non-hydrogen) atoms. The molecule has 1 aromatic heterocycles. The summed E-state index contributed by atoms with van der Waals surface area (Å²) in [6, 6.07) is 2.30. The summed E-state index contributed by atoms with van der Waals surface area (Å²) in [5, 5.41) is 3.38. The van der Waals surface area contributed by atoms with Crippen molar-refractivity contribution in [1.82, 2.24) is 15.3 Å². The lowest BCUT2D eigenvalue weighted by atomic mass is 10.1. The molecule has 3 heteroatoms. The first-order valence-electron chi connectivity index (χ1n) is 5.21. The standard InChI is InChI=1S/C12H17N3/c1-4-6-11(5-2)14-9-12-7-8-13-10(3)15-12/h1,7-8,11,14H,5-6,9H2,2-3H3. The predicted octanol–water partition coefficient (Wildman–Crippen LogP) is 1.68. The van der Waals surface area contributed by atoms with Crippen LogP contribution in [-0.4, -0.2) is 16.0 Å². The minimum absolute atomic E-state index is 0.380. The number of hydrogen-bond donors (Lipinski definition) is 1. The van der Waals surface area contributed by atoms with Gasteiger partial charge < -0.3 is 5.32 Å². The molecule has 1 atom stereocenters. The zero-order valence-corrected chi connectivity index (χ0v) is 9.33. The van der Waals surface area contributed by atoms with E-state index in [1.54, 1.807) is 6.20 Å². The van der Waals surface area contributed by atoms with Gasteiger partial charge in [-0.15, -0.1) is 12.3 Å². The molecule has 0 aliphatic rings. The van der Waals surface area contributed by atoms with Crippen LogP contribution in [0.3, 0.4) is 0 Å². The maximum absolute atomic E-state index is 5.28. The van der Waals surface area contributed by atoms with Crippen LogP contribution >= 0.6 is 0 Å². The summed E-state index contributed by atoms with van der Waals surface area (Å²) in [7, 11) is 0. The second-order valence-electron chi connectivity index (χ2n) is 3.49. The number of hydrogen-bond acceptors (Lipinski definition) is 3. The van der Waals surface area contributed by atoms with Gasteiger partial charge in [0.25, 0.3) is 0 Å². The van der Waals surface area contributed by atoms with Crippen molar-refractivity contribution in [3.05, 3.63) is 23.8 Å². The molecule has 0 spiro atoms. The molecule has 0 aromatic carbocycles. The van der Waals surface area contributed by atoms with Crippen LogP contribution in [0.4, 0.5) is 0 Å². The molecule has 0 amide bonds. The van der Waals surface area contributed by atoms with E-state index in [0.29, 0.717) is 6.04 Å². The highest BCUT2D eigenvalue weighted by atomic mass is 14.9. The molecule has 1 rings (SSSR count). The normalized spacial score (nSPS) is 12.1. The Kier molecular flexibility index (Phi) is 4.79. The van der Waals surface area contributed by atoms with Crippen molar-refractivity contribution in [3.8, 4) is 12.3 Å². The van der Waals surface area contributed by atoms with Crippen LogP contribution in [0, 0.1) is 19.3 Å². The van der Waals surface area contributed by atoms with E-state index in [4.69, 9.17) is 6.42 Å². The molecule has 1 heterocycles. The number of nitrogens with one attached hydrogen (secondary N) is 1. The van der Waals surface area contributed by atoms with Crippen LogP contribution in [0.1, 0.15) is 31.3 Å². The number of nitrogens with zero attached hydrogens (tertiary/aromatic N) is 2. The van der Waals surface area contributed by atoms with Crippen LogP contribution in [-0.2, 0) is 6.54 Å². The maximum atomic E-state index is 5.28. The summed E-state index contributed by atoms with van der Waals surface area (Å²) in [4.78, 5) is 8.37. The maximum Gasteiger partial charge on any atom is 0.125 e. The molecule has 0 aliphatic carbocycles. The average molecular weight is 203 g/mol. The molecule has 0 saturated heterocycles. The summed E-state index contributed by atoms with van der Waals surface area (Å²) >= 11 is 0. The Morgan fingerprint density at radius 1 is 1.60 bits per heavy atom. The number of terminal acetylenes is 1. The van der Waals surface area contributed by atoms with Crippen LogP contribution < -0.4 is 5.32 Å². The van der Waals surface area contributed by atoms with E-state index in [2.05, 4.69) is 28.1 Å². The monoisotopic (exact) mass is 203 g/mol. The Balaban J connectivity index is 2.46. The van der Waals surface area contributed by atoms with Gasteiger partial charge in [-0.25, -0.2) is 9.97 Å². The summed E-state index contributed by atoms with van der Waals surface area (Å²) < 4.78 is 0. The van der Waals surface area contributed by atoms with Gasteiger partial charge >= 0.3 is 0 Å². The summed E-state index contributed by atoms with van der Waals surface area (Å²) in [5.41, 5.74) is 1.01. The summed E-state index contributed by atoms with van der Waals surface area (Å²) in [5.74, 6) is 3.48. The highest BCUT2D eigenvalue weighted by molar-refractivity contribution is 5.01. The van der Waals surface area contributed by atoms with Crippen molar-refractivity contribution in [2.75, 3.05) is 0 Å². The first kappa shape index (κ1) is 11.7. The Morgan fingerprint density at radius 3 is 3.00 bits per heavy atom. The lowest BCUT2D eigenvalue weighted by Gasteiger charge is -2.13. The van der Waals surface area contributed by atoms with Crippen molar-refractivity contribution in [2.45, 2.75) is 39.3 Å². The van der Waals surface area contributed by atoms with Gasteiger partial charge in [0.05, 0.1) is 5.69 Å². The quantitative estimate of drug-likeness (QED) is 0.740. The molecule has 1 unspecified atom stereocenters. The van der Waals surface area contributed by atoms with Crippen LogP contribution in [0.25, 0.3) is 0 Å². The molecule has 0 bridgehead atoms. The molecule has 1 N–H and O–H groups in total.